The average molecular weight is 319 g/mol. The van der Waals surface area contributed by atoms with Crippen LogP contribution < -0.4 is 5.32 Å². The summed E-state index contributed by atoms with van der Waals surface area (Å²) in [6.45, 7) is 1.34. The Hall–Kier alpha value is -1.91. The van der Waals surface area contributed by atoms with Crippen molar-refractivity contribution in [3.63, 3.8) is 0 Å². The van der Waals surface area contributed by atoms with Crippen molar-refractivity contribution in [1.82, 2.24) is 5.32 Å². The number of rotatable bonds is 5. The average Bonchev–Trinajstić information content (AvgIpc) is 2.98. The zero-order valence-corrected chi connectivity index (χ0v) is 12.7. The van der Waals surface area contributed by atoms with Crippen LogP contribution in [0.2, 0.25) is 5.02 Å². The molecule has 0 saturated carbocycles. The Morgan fingerprint density at radius 1 is 1.23 bits per heavy atom. The molecule has 1 heterocycles. The molecule has 2 aromatic rings. The van der Waals surface area contributed by atoms with Gasteiger partial charge in [0.05, 0.1) is 5.71 Å². The van der Waals surface area contributed by atoms with Crippen molar-refractivity contribution in [2.75, 3.05) is 6.54 Å². The molecule has 114 valence electrons. The first-order valence-corrected chi connectivity index (χ1v) is 7.53. The molecule has 1 aliphatic rings. The van der Waals surface area contributed by atoms with E-state index in [2.05, 4.69) is 10.5 Å². The number of oxime groups is 1. The minimum Gasteiger partial charge on any atom is -0.390 e. The van der Waals surface area contributed by atoms with Crippen LogP contribution in [0, 0.1) is 5.82 Å². The SMILES string of the molecule is Fc1cccc(C2=NO[C@@H](CNCc3ccccc3Cl)C2)c1. The van der Waals surface area contributed by atoms with Gasteiger partial charge in [0.1, 0.15) is 11.9 Å². The first kappa shape index (κ1) is 15.0. The van der Waals surface area contributed by atoms with Crippen LogP contribution in [0.5, 0.6) is 0 Å². The van der Waals surface area contributed by atoms with Crippen LogP contribution in [0.15, 0.2) is 53.7 Å². The highest BCUT2D eigenvalue weighted by Gasteiger charge is 2.22. The smallest absolute Gasteiger partial charge is 0.145 e. The molecular formula is C17H16ClFN2O. The Morgan fingerprint density at radius 3 is 2.91 bits per heavy atom. The third-order valence-corrected chi connectivity index (χ3v) is 3.90. The predicted octanol–water partition coefficient (Wildman–Crippen LogP) is 3.76. The summed E-state index contributed by atoms with van der Waals surface area (Å²) in [5, 5.41) is 8.12. The van der Waals surface area contributed by atoms with E-state index in [1.807, 2.05) is 30.3 Å². The van der Waals surface area contributed by atoms with Crippen molar-refractivity contribution in [3.8, 4) is 0 Å². The molecule has 0 aromatic heterocycles. The fourth-order valence-corrected chi connectivity index (χ4v) is 2.59. The van der Waals surface area contributed by atoms with Gasteiger partial charge in [-0.3, -0.25) is 0 Å². The molecule has 3 rings (SSSR count). The van der Waals surface area contributed by atoms with Gasteiger partial charge in [-0.05, 0) is 23.8 Å². The first-order valence-electron chi connectivity index (χ1n) is 7.15. The van der Waals surface area contributed by atoms with Crippen molar-refractivity contribution < 1.29 is 9.23 Å². The quantitative estimate of drug-likeness (QED) is 0.910. The third kappa shape index (κ3) is 3.64. The third-order valence-electron chi connectivity index (χ3n) is 3.54. The van der Waals surface area contributed by atoms with E-state index in [9.17, 15) is 4.39 Å². The standard InChI is InChI=1S/C17H16ClFN2O/c18-16-7-2-1-4-13(16)10-20-11-15-9-17(21-22-15)12-5-3-6-14(19)8-12/h1-8,15,20H,9-11H2/t15-/m1/s1. The van der Waals surface area contributed by atoms with E-state index in [-0.39, 0.29) is 11.9 Å². The summed E-state index contributed by atoms with van der Waals surface area (Å²) in [6, 6.07) is 14.1. The molecule has 3 nitrogen and oxygen atoms in total. The molecule has 1 aliphatic heterocycles. The number of nitrogens with zero attached hydrogens (tertiary/aromatic N) is 1. The van der Waals surface area contributed by atoms with Crippen molar-refractivity contribution in [3.05, 3.63) is 70.5 Å². The van der Waals surface area contributed by atoms with Crippen LogP contribution in [0.1, 0.15) is 17.5 Å². The van der Waals surface area contributed by atoms with Crippen LogP contribution in [-0.2, 0) is 11.4 Å². The summed E-state index contributed by atoms with van der Waals surface area (Å²) in [5.74, 6) is -0.263. The highest BCUT2D eigenvalue weighted by atomic mass is 35.5. The number of hydrogen-bond acceptors (Lipinski definition) is 3. The number of nitrogens with one attached hydrogen (secondary N) is 1. The van der Waals surface area contributed by atoms with Gasteiger partial charge in [-0.1, -0.05) is 47.1 Å². The van der Waals surface area contributed by atoms with Gasteiger partial charge in [-0.25, -0.2) is 4.39 Å². The van der Waals surface area contributed by atoms with Crippen LogP contribution >= 0.6 is 11.6 Å². The summed E-state index contributed by atoms with van der Waals surface area (Å²) in [7, 11) is 0. The Morgan fingerprint density at radius 2 is 2.09 bits per heavy atom. The highest BCUT2D eigenvalue weighted by molar-refractivity contribution is 6.31. The van der Waals surface area contributed by atoms with E-state index in [4.69, 9.17) is 16.4 Å². The summed E-state index contributed by atoms with van der Waals surface area (Å²) < 4.78 is 13.2. The molecular weight excluding hydrogens is 303 g/mol. The van der Waals surface area contributed by atoms with Gasteiger partial charge in [0.2, 0.25) is 0 Å². The second-order valence-corrected chi connectivity index (χ2v) is 5.61. The van der Waals surface area contributed by atoms with E-state index < -0.39 is 0 Å². The maximum Gasteiger partial charge on any atom is 0.145 e. The largest absolute Gasteiger partial charge is 0.390 e. The van der Waals surface area contributed by atoms with Gasteiger partial charge in [0, 0.05) is 30.1 Å². The molecule has 5 heteroatoms. The molecule has 0 saturated heterocycles. The lowest BCUT2D eigenvalue weighted by atomic mass is 10.0. The normalized spacial score (nSPS) is 17.2. The molecule has 0 aliphatic carbocycles. The van der Waals surface area contributed by atoms with Gasteiger partial charge in [0.15, 0.2) is 0 Å². The second kappa shape index (κ2) is 6.90. The van der Waals surface area contributed by atoms with Crippen LogP contribution in [0.4, 0.5) is 4.39 Å². The van der Waals surface area contributed by atoms with Crippen LogP contribution in [0.3, 0.4) is 0 Å². The molecule has 0 radical (unpaired) electrons. The molecule has 0 fully saturated rings. The van der Waals surface area contributed by atoms with Gasteiger partial charge in [-0.2, -0.15) is 0 Å². The van der Waals surface area contributed by atoms with E-state index in [0.29, 0.717) is 19.5 Å². The topological polar surface area (TPSA) is 33.6 Å². The Balaban J connectivity index is 1.50. The minimum absolute atomic E-state index is 0.0410. The molecule has 22 heavy (non-hydrogen) atoms. The maximum absolute atomic E-state index is 13.2. The van der Waals surface area contributed by atoms with Crippen molar-refractivity contribution >= 4 is 17.3 Å². The van der Waals surface area contributed by atoms with Gasteiger partial charge in [0.25, 0.3) is 0 Å². The molecule has 0 bridgehead atoms. The molecule has 0 unspecified atom stereocenters. The Bertz CT molecular complexity index is 690. The summed E-state index contributed by atoms with van der Waals surface area (Å²) >= 11 is 6.11. The molecule has 1 atom stereocenters. The second-order valence-electron chi connectivity index (χ2n) is 5.20. The maximum atomic E-state index is 13.2. The minimum atomic E-state index is -0.263. The Kier molecular flexibility index (Phi) is 4.71. The predicted molar refractivity (Wildman–Crippen MR) is 85.6 cm³/mol. The number of halogens is 2. The van der Waals surface area contributed by atoms with Gasteiger partial charge >= 0.3 is 0 Å². The van der Waals surface area contributed by atoms with Gasteiger partial charge in [-0.15, -0.1) is 0 Å². The number of hydrogen-bond donors (Lipinski definition) is 1. The molecule has 2 aromatic carbocycles. The van der Waals surface area contributed by atoms with Gasteiger partial charge < -0.3 is 10.2 Å². The van der Waals surface area contributed by atoms with Crippen molar-refractivity contribution in [1.29, 1.82) is 0 Å². The molecule has 1 N–H and O–H groups in total. The van der Waals surface area contributed by atoms with Crippen molar-refractivity contribution in [2.45, 2.75) is 19.1 Å². The Labute approximate surface area is 133 Å². The zero-order valence-electron chi connectivity index (χ0n) is 11.9. The zero-order chi connectivity index (χ0) is 15.4. The van der Waals surface area contributed by atoms with Crippen LogP contribution in [0.25, 0.3) is 0 Å². The summed E-state index contributed by atoms with van der Waals surface area (Å²) in [5.41, 5.74) is 2.60. The van der Waals surface area contributed by atoms with E-state index in [0.717, 1.165) is 21.9 Å². The monoisotopic (exact) mass is 318 g/mol. The fraction of sp³-hybridized carbons (Fsp3) is 0.235. The first-order chi connectivity index (χ1) is 10.7. The molecule has 0 spiro atoms. The molecule has 0 amide bonds. The lowest BCUT2D eigenvalue weighted by Crippen LogP contribution is -2.26. The van der Waals surface area contributed by atoms with Crippen molar-refractivity contribution in [2.24, 2.45) is 5.16 Å². The lowest BCUT2D eigenvalue weighted by Gasteiger charge is -2.10. The number of benzene rings is 2. The van der Waals surface area contributed by atoms with E-state index in [1.165, 1.54) is 12.1 Å². The summed E-state index contributed by atoms with van der Waals surface area (Å²) in [4.78, 5) is 5.40. The lowest BCUT2D eigenvalue weighted by molar-refractivity contribution is 0.0848. The van der Waals surface area contributed by atoms with E-state index >= 15 is 0 Å². The van der Waals surface area contributed by atoms with Crippen LogP contribution in [-0.4, -0.2) is 18.4 Å². The van der Waals surface area contributed by atoms with E-state index in [1.54, 1.807) is 6.07 Å². The highest BCUT2D eigenvalue weighted by Crippen LogP contribution is 2.18. The fourth-order valence-electron chi connectivity index (χ4n) is 2.39. The summed E-state index contributed by atoms with van der Waals surface area (Å²) in [6.07, 6.45) is 0.625.